The molecule has 0 saturated heterocycles. The maximum atomic E-state index is 12.0. The number of ether oxygens (including phenoxy) is 1. The van der Waals surface area contributed by atoms with Crippen molar-refractivity contribution in [3.05, 3.63) is 58.3 Å². The van der Waals surface area contributed by atoms with Crippen LogP contribution in [0.25, 0.3) is 11.0 Å². The summed E-state index contributed by atoms with van der Waals surface area (Å²) in [6.07, 6.45) is 3.65. The molecular weight excluding hydrogens is 270 g/mol. The van der Waals surface area contributed by atoms with Crippen LogP contribution in [0.3, 0.4) is 0 Å². The number of aldehydes is 1. The molecule has 3 rings (SSSR count). The first-order valence-electron chi connectivity index (χ1n) is 6.37. The van der Waals surface area contributed by atoms with Gasteiger partial charge in [-0.25, -0.2) is 4.98 Å². The lowest BCUT2D eigenvalue weighted by Gasteiger charge is -2.06. The minimum atomic E-state index is -0.262. The van der Waals surface area contributed by atoms with Crippen LogP contribution in [0, 0.1) is 0 Å². The van der Waals surface area contributed by atoms with E-state index in [-0.39, 0.29) is 5.56 Å². The number of aromatic nitrogens is 3. The number of nitrogens with zero attached hydrogens (tertiary/aromatic N) is 2. The van der Waals surface area contributed by atoms with Crippen LogP contribution in [-0.4, -0.2) is 27.9 Å². The molecule has 0 radical (unpaired) electrons. The van der Waals surface area contributed by atoms with Crippen LogP contribution in [0.4, 0.5) is 0 Å². The van der Waals surface area contributed by atoms with Gasteiger partial charge < -0.3 is 14.3 Å². The van der Waals surface area contributed by atoms with Gasteiger partial charge in [-0.3, -0.25) is 9.59 Å². The third-order valence-electron chi connectivity index (χ3n) is 3.32. The van der Waals surface area contributed by atoms with Gasteiger partial charge in [0.1, 0.15) is 16.8 Å². The molecule has 0 fully saturated rings. The Hall–Kier alpha value is -2.89. The molecule has 0 saturated carbocycles. The normalized spacial score (nSPS) is 10.7. The number of carbonyl (C=O) groups excluding carboxylic acids is 1. The number of nitrogens with one attached hydrogen (secondary N) is 1. The van der Waals surface area contributed by atoms with Gasteiger partial charge in [-0.05, 0) is 17.7 Å². The highest BCUT2D eigenvalue weighted by Gasteiger charge is 2.12. The smallest absolute Gasteiger partial charge is 0.275 e. The fourth-order valence-corrected chi connectivity index (χ4v) is 2.30. The summed E-state index contributed by atoms with van der Waals surface area (Å²) in [6, 6.07) is 7.53. The van der Waals surface area contributed by atoms with Crippen LogP contribution >= 0.6 is 0 Å². The third kappa shape index (κ3) is 2.31. The molecule has 0 amide bonds. The maximum Gasteiger partial charge on any atom is 0.275 e. The first-order chi connectivity index (χ1) is 10.2. The van der Waals surface area contributed by atoms with E-state index in [9.17, 15) is 9.59 Å². The SMILES string of the molecule is COc1ccc(Cn2cc(C=O)c3nc[nH]c(=O)c32)cc1. The second-order valence-corrected chi connectivity index (χ2v) is 4.61. The summed E-state index contributed by atoms with van der Waals surface area (Å²) in [7, 11) is 1.61. The summed E-state index contributed by atoms with van der Waals surface area (Å²) in [5.74, 6) is 0.768. The second-order valence-electron chi connectivity index (χ2n) is 4.61. The molecule has 0 aliphatic carbocycles. The molecule has 2 heterocycles. The van der Waals surface area contributed by atoms with E-state index in [0.29, 0.717) is 29.4 Å². The summed E-state index contributed by atoms with van der Waals surface area (Å²) in [5.41, 5.74) is 1.96. The van der Waals surface area contributed by atoms with Crippen LogP contribution in [0.15, 0.2) is 41.6 Å². The molecule has 106 valence electrons. The van der Waals surface area contributed by atoms with E-state index < -0.39 is 0 Å². The highest BCUT2D eigenvalue weighted by atomic mass is 16.5. The van der Waals surface area contributed by atoms with E-state index >= 15 is 0 Å². The van der Waals surface area contributed by atoms with E-state index in [1.165, 1.54) is 6.33 Å². The number of hydrogen-bond donors (Lipinski definition) is 1. The van der Waals surface area contributed by atoms with Crippen molar-refractivity contribution < 1.29 is 9.53 Å². The van der Waals surface area contributed by atoms with Gasteiger partial charge in [-0.1, -0.05) is 12.1 Å². The molecule has 0 aliphatic rings. The molecule has 0 atom stereocenters. The molecule has 3 aromatic rings. The minimum absolute atomic E-state index is 0.262. The largest absolute Gasteiger partial charge is 0.497 e. The van der Waals surface area contributed by atoms with Crippen molar-refractivity contribution >= 4 is 17.3 Å². The molecule has 2 aromatic heterocycles. The molecule has 6 heteroatoms. The number of aromatic amines is 1. The van der Waals surface area contributed by atoms with Gasteiger partial charge in [0.25, 0.3) is 5.56 Å². The summed E-state index contributed by atoms with van der Waals surface area (Å²) in [4.78, 5) is 29.7. The van der Waals surface area contributed by atoms with E-state index in [1.54, 1.807) is 17.9 Å². The van der Waals surface area contributed by atoms with Gasteiger partial charge in [0.2, 0.25) is 0 Å². The Morgan fingerprint density at radius 2 is 2.10 bits per heavy atom. The van der Waals surface area contributed by atoms with E-state index in [4.69, 9.17) is 4.74 Å². The van der Waals surface area contributed by atoms with Crippen molar-refractivity contribution in [3.63, 3.8) is 0 Å². The zero-order valence-corrected chi connectivity index (χ0v) is 11.4. The van der Waals surface area contributed by atoms with Gasteiger partial charge >= 0.3 is 0 Å². The molecule has 1 aromatic carbocycles. The molecule has 21 heavy (non-hydrogen) atoms. The number of hydrogen-bond acceptors (Lipinski definition) is 4. The number of H-pyrrole nitrogens is 1. The summed E-state index contributed by atoms with van der Waals surface area (Å²) < 4.78 is 6.84. The van der Waals surface area contributed by atoms with E-state index in [1.807, 2.05) is 24.3 Å². The lowest BCUT2D eigenvalue weighted by atomic mass is 10.2. The van der Waals surface area contributed by atoms with Crippen molar-refractivity contribution in [2.24, 2.45) is 0 Å². The van der Waals surface area contributed by atoms with Crippen molar-refractivity contribution in [2.45, 2.75) is 6.54 Å². The Bertz CT molecular complexity index is 847. The first kappa shape index (κ1) is 13.1. The zero-order chi connectivity index (χ0) is 14.8. The predicted octanol–water partition coefficient (Wildman–Crippen LogP) is 1.59. The van der Waals surface area contributed by atoms with Gasteiger partial charge in [0.15, 0.2) is 6.29 Å². The zero-order valence-electron chi connectivity index (χ0n) is 11.4. The van der Waals surface area contributed by atoms with Crippen molar-refractivity contribution in [3.8, 4) is 5.75 Å². The first-order valence-corrected chi connectivity index (χ1v) is 6.37. The van der Waals surface area contributed by atoms with Gasteiger partial charge in [0.05, 0.1) is 19.0 Å². The monoisotopic (exact) mass is 283 g/mol. The fraction of sp³-hybridized carbons (Fsp3) is 0.133. The van der Waals surface area contributed by atoms with Crippen LogP contribution in [0.2, 0.25) is 0 Å². The molecule has 0 unspecified atom stereocenters. The van der Waals surface area contributed by atoms with Crippen molar-refractivity contribution in [2.75, 3.05) is 7.11 Å². The average Bonchev–Trinajstić information content (AvgIpc) is 2.87. The fourth-order valence-electron chi connectivity index (χ4n) is 2.30. The van der Waals surface area contributed by atoms with Crippen molar-refractivity contribution in [1.82, 2.24) is 14.5 Å². The molecular formula is C15H13N3O3. The van der Waals surface area contributed by atoms with Crippen LogP contribution in [0.1, 0.15) is 15.9 Å². The minimum Gasteiger partial charge on any atom is -0.497 e. The topological polar surface area (TPSA) is 77.0 Å². The Balaban J connectivity index is 2.07. The Morgan fingerprint density at radius 3 is 2.76 bits per heavy atom. The number of benzene rings is 1. The maximum absolute atomic E-state index is 12.0. The lowest BCUT2D eigenvalue weighted by molar-refractivity contribution is 0.112. The molecule has 0 spiro atoms. The summed E-state index contributed by atoms with van der Waals surface area (Å²) >= 11 is 0. The highest BCUT2D eigenvalue weighted by Crippen LogP contribution is 2.17. The lowest BCUT2D eigenvalue weighted by Crippen LogP contribution is -2.11. The van der Waals surface area contributed by atoms with Crippen molar-refractivity contribution in [1.29, 1.82) is 0 Å². The van der Waals surface area contributed by atoms with Crippen LogP contribution < -0.4 is 10.3 Å². The summed E-state index contributed by atoms with van der Waals surface area (Å²) in [6.45, 7) is 0.475. The van der Waals surface area contributed by atoms with E-state index in [2.05, 4.69) is 9.97 Å². The summed E-state index contributed by atoms with van der Waals surface area (Å²) in [5, 5.41) is 0. The average molecular weight is 283 g/mol. The molecule has 0 bridgehead atoms. The van der Waals surface area contributed by atoms with Gasteiger partial charge in [-0.2, -0.15) is 0 Å². The number of carbonyl (C=O) groups is 1. The van der Waals surface area contributed by atoms with E-state index in [0.717, 1.165) is 11.3 Å². The Morgan fingerprint density at radius 1 is 1.33 bits per heavy atom. The highest BCUT2D eigenvalue weighted by molar-refractivity contribution is 5.94. The number of rotatable bonds is 4. The van der Waals surface area contributed by atoms with Crippen LogP contribution in [-0.2, 0) is 6.54 Å². The third-order valence-corrected chi connectivity index (χ3v) is 3.32. The molecule has 0 aliphatic heterocycles. The van der Waals surface area contributed by atoms with Gasteiger partial charge in [-0.15, -0.1) is 0 Å². The number of fused-ring (bicyclic) bond motifs is 1. The van der Waals surface area contributed by atoms with Crippen LogP contribution in [0.5, 0.6) is 5.75 Å². The quantitative estimate of drug-likeness (QED) is 0.738. The number of methoxy groups -OCH3 is 1. The standard InChI is InChI=1S/C15H13N3O3/c1-21-12-4-2-10(3-5-12)6-18-7-11(8-19)13-14(18)15(20)17-9-16-13/h2-5,7-9H,6H2,1H3,(H,16,17,20). The van der Waals surface area contributed by atoms with Gasteiger partial charge in [0, 0.05) is 12.7 Å². The second kappa shape index (κ2) is 5.24. The molecule has 1 N–H and O–H groups in total. The molecule has 6 nitrogen and oxygen atoms in total. The Kier molecular flexibility index (Phi) is 3.27. The predicted molar refractivity (Wildman–Crippen MR) is 77.8 cm³/mol. The Labute approximate surface area is 120 Å².